The number of benzene rings is 1. The van der Waals surface area contributed by atoms with E-state index in [1.165, 1.54) is 12.1 Å². The van der Waals surface area contributed by atoms with Gasteiger partial charge < -0.3 is 0 Å². The molecule has 1 aromatic carbocycles. The Morgan fingerprint density at radius 3 is 2.12 bits per heavy atom. The van der Waals surface area contributed by atoms with Crippen LogP contribution in [0, 0.1) is 0 Å². The van der Waals surface area contributed by atoms with E-state index in [0.29, 0.717) is 15.6 Å². The van der Waals surface area contributed by atoms with E-state index in [2.05, 4.69) is 5.32 Å². The molecule has 0 bridgehead atoms. The minimum Gasteiger partial charge on any atom is -0.287 e. The Bertz CT molecular complexity index is 537. The maximum absolute atomic E-state index is 11.4. The molecular weight excluding hydrogens is 272 g/mol. The summed E-state index contributed by atoms with van der Waals surface area (Å²) in [7, 11) is 0. The van der Waals surface area contributed by atoms with Crippen LogP contribution in [0.3, 0.4) is 0 Å². The summed E-state index contributed by atoms with van der Waals surface area (Å²) in [4.78, 5) is 22.6. The van der Waals surface area contributed by atoms with Gasteiger partial charge >= 0.3 is 0 Å². The fourth-order valence-electron chi connectivity index (χ4n) is 1.34. The van der Waals surface area contributed by atoms with Gasteiger partial charge in [-0.1, -0.05) is 40.9 Å². The Hall–Kier alpha value is -1.03. The summed E-state index contributed by atoms with van der Waals surface area (Å²) in [6.45, 7) is 0. The van der Waals surface area contributed by atoms with Crippen LogP contribution >= 0.6 is 34.8 Å². The number of carbonyl (C=O) groups is 2. The molecule has 82 valence electrons. The van der Waals surface area contributed by atoms with Gasteiger partial charge in [0.2, 0.25) is 0 Å². The molecule has 2 rings (SSSR count). The lowest BCUT2D eigenvalue weighted by molar-refractivity contribution is -0.123. The van der Waals surface area contributed by atoms with E-state index in [4.69, 9.17) is 34.8 Å². The highest BCUT2D eigenvalue weighted by molar-refractivity contribution is 6.55. The number of imide groups is 1. The van der Waals surface area contributed by atoms with Crippen LogP contribution in [0.5, 0.6) is 0 Å². The van der Waals surface area contributed by atoms with E-state index in [0.717, 1.165) is 0 Å². The molecule has 1 aromatic rings. The van der Waals surface area contributed by atoms with Crippen molar-refractivity contribution >= 4 is 52.2 Å². The third kappa shape index (κ3) is 1.82. The Morgan fingerprint density at radius 1 is 0.938 bits per heavy atom. The van der Waals surface area contributed by atoms with E-state index in [1.54, 1.807) is 6.07 Å². The molecule has 2 amide bonds. The van der Waals surface area contributed by atoms with Crippen LogP contribution in [-0.2, 0) is 9.59 Å². The smallest absolute Gasteiger partial charge is 0.270 e. The number of hydrogen-bond donors (Lipinski definition) is 1. The fourth-order valence-corrected chi connectivity index (χ4v) is 1.88. The number of hydrogen-bond acceptors (Lipinski definition) is 2. The molecule has 0 radical (unpaired) electrons. The molecule has 0 unspecified atom stereocenters. The molecule has 0 saturated heterocycles. The summed E-state index contributed by atoms with van der Waals surface area (Å²) in [5.74, 6) is -1.14. The molecule has 0 atom stereocenters. The second kappa shape index (κ2) is 4.09. The summed E-state index contributed by atoms with van der Waals surface area (Å²) in [5, 5.41) is 2.62. The predicted octanol–water partition coefficient (Wildman–Crippen LogP) is 2.60. The summed E-state index contributed by atoms with van der Waals surface area (Å²) in [6.07, 6.45) is 0. The van der Waals surface area contributed by atoms with Gasteiger partial charge in [0.05, 0.1) is 15.6 Å². The molecule has 0 aromatic heterocycles. The lowest BCUT2D eigenvalue weighted by atomic mass is 10.1. The highest BCUT2D eigenvalue weighted by Crippen LogP contribution is 2.30. The van der Waals surface area contributed by atoms with E-state index in [1.807, 2.05) is 0 Å². The molecule has 1 N–H and O–H groups in total. The molecule has 0 saturated carbocycles. The van der Waals surface area contributed by atoms with Gasteiger partial charge in [-0.25, -0.2) is 0 Å². The number of amides is 2. The second-order valence-corrected chi connectivity index (χ2v) is 4.29. The maximum Gasteiger partial charge on any atom is 0.270 e. The molecule has 16 heavy (non-hydrogen) atoms. The van der Waals surface area contributed by atoms with Gasteiger partial charge in [0.1, 0.15) is 5.03 Å². The first-order valence-corrected chi connectivity index (χ1v) is 5.35. The van der Waals surface area contributed by atoms with Crippen LogP contribution in [-0.4, -0.2) is 11.8 Å². The standard InChI is InChI=1S/C10H4Cl3NO2/c11-5-2-1-4(3-6(5)12)7-8(13)10(16)14-9(7)15/h1-3H,(H,14,15,16). The van der Waals surface area contributed by atoms with Crippen molar-refractivity contribution in [3.8, 4) is 0 Å². The topological polar surface area (TPSA) is 46.2 Å². The zero-order valence-corrected chi connectivity index (χ0v) is 9.95. The average molecular weight is 277 g/mol. The molecule has 6 heteroatoms. The number of halogens is 3. The zero-order chi connectivity index (χ0) is 11.9. The van der Waals surface area contributed by atoms with Gasteiger partial charge in [0.15, 0.2) is 0 Å². The van der Waals surface area contributed by atoms with E-state index < -0.39 is 11.8 Å². The van der Waals surface area contributed by atoms with Crippen molar-refractivity contribution in [3.05, 3.63) is 38.8 Å². The quantitative estimate of drug-likeness (QED) is 0.801. The van der Waals surface area contributed by atoms with Crippen molar-refractivity contribution in [2.45, 2.75) is 0 Å². The van der Waals surface area contributed by atoms with Crippen molar-refractivity contribution in [3.63, 3.8) is 0 Å². The van der Waals surface area contributed by atoms with Crippen molar-refractivity contribution in [1.82, 2.24) is 5.32 Å². The summed E-state index contributed by atoms with van der Waals surface area (Å²) < 4.78 is 0. The highest BCUT2D eigenvalue weighted by atomic mass is 35.5. The van der Waals surface area contributed by atoms with Crippen molar-refractivity contribution in [2.24, 2.45) is 0 Å². The van der Waals surface area contributed by atoms with E-state index in [9.17, 15) is 9.59 Å². The number of carbonyl (C=O) groups excluding carboxylic acids is 2. The molecular formula is C10H4Cl3NO2. The van der Waals surface area contributed by atoms with Crippen LogP contribution in [0.2, 0.25) is 10.0 Å². The van der Waals surface area contributed by atoms with Crippen molar-refractivity contribution in [1.29, 1.82) is 0 Å². The molecule has 3 nitrogen and oxygen atoms in total. The van der Waals surface area contributed by atoms with Gasteiger partial charge in [-0.3, -0.25) is 14.9 Å². The van der Waals surface area contributed by atoms with Gasteiger partial charge in [-0.15, -0.1) is 0 Å². The largest absolute Gasteiger partial charge is 0.287 e. The van der Waals surface area contributed by atoms with Crippen molar-refractivity contribution in [2.75, 3.05) is 0 Å². The number of nitrogens with one attached hydrogen (secondary N) is 1. The first-order chi connectivity index (χ1) is 7.50. The average Bonchev–Trinajstić information content (AvgIpc) is 2.47. The van der Waals surface area contributed by atoms with Gasteiger partial charge in [0.25, 0.3) is 11.8 Å². The van der Waals surface area contributed by atoms with Crippen LogP contribution < -0.4 is 5.32 Å². The molecule has 1 aliphatic heterocycles. The molecule has 1 heterocycles. The molecule has 0 spiro atoms. The Balaban J connectivity index is 2.56. The lowest BCUT2D eigenvalue weighted by Crippen LogP contribution is -2.22. The van der Waals surface area contributed by atoms with Crippen LogP contribution in [0.15, 0.2) is 23.2 Å². The molecule has 1 aliphatic rings. The Morgan fingerprint density at radius 2 is 1.62 bits per heavy atom. The first-order valence-electron chi connectivity index (χ1n) is 4.21. The Labute approximate surface area is 106 Å². The van der Waals surface area contributed by atoms with Crippen LogP contribution in [0.1, 0.15) is 5.56 Å². The van der Waals surface area contributed by atoms with Crippen LogP contribution in [0.25, 0.3) is 5.57 Å². The predicted molar refractivity (Wildman–Crippen MR) is 62.4 cm³/mol. The lowest BCUT2D eigenvalue weighted by Gasteiger charge is -2.02. The fraction of sp³-hybridized carbons (Fsp3) is 0. The third-order valence-corrected chi connectivity index (χ3v) is 3.18. The van der Waals surface area contributed by atoms with Crippen molar-refractivity contribution < 1.29 is 9.59 Å². The molecule has 0 aliphatic carbocycles. The van der Waals surface area contributed by atoms with Crippen LogP contribution in [0.4, 0.5) is 0 Å². The van der Waals surface area contributed by atoms with Gasteiger partial charge in [0, 0.05) is 0 Å². The Kier molecular flexibility index (Phi) is 2.93. The monoisotopic (exact) mass is 275 g/mol. The highest BCUT2D eigenvalue weighted by Gasteiger charge is 2.30. The van der Waals surface area contributed by atoms with E-state index >= 15 is 0 Å². The minimum absolute atomic E-state index is 0.116. The van der Waals surface area contributed by atoms with Gasteiger partial charge in [-0.2, -0.15) is 0 Å². The SMILES string of the molecule is O=C1NC(=O)C(c2ccc(Cl)c(Cl)c2)=C1Cl. The molecule has 0 fully saturated rings. The normalized spacial score (nSPS) is 15.7. The maximum atomic E-state index is 11.4. The second-order valence-electron chi connectivity index (χ2n) is 3.10. The van der Waals surface area contributed by atoms with E-state index in [-0.39, 0.29) is 10.6 Å². The summed E-state index contributed by atoms with van der Waals surface area (Å²) >= 11 is 17.3. The van der Waals surface area contributed by atoms with Gasteiger partial charge in [-0.05, 0) is 17.7 Å². The number of rotatable bonds is 1. The zero-order valence-electron chi connectivity index (χ0n) is 7.68. The summed E-state index contributed by atoms with van der Waals surface area (Å²) in [6, 6.07) is 4.59. The third-order valence-electron chi connectivity index (χ3n) is 2.08. The first kappa shape index (κ1) is 11.5. The summed E-state index contributed by atoms with van der Waals surface area (Å²) in [5.41, 5.74) is 0.577. The minimum atomic E-state index is -0.604.